The highest BCUT2D eigenvalue weighted by Gasteiger charge is 2.28. The lowest BCUT2D eigenvalue weighted by molar-refractivity contribution is 0.104. The molecule has 2 aliphatic carbocycles. The van der Waals surface area contributed by atoms with Gasteiger partial charge in [-0.15, -0.1) is 20.4 Å². The van der Waals surface area contributed by atoms with Gasteiger partial charge in [-0.3, -0.25) is 9.13 Å². The van der Waals surface area contributed by atoms with Crippen molar-refractivity contribution in [3.8, 4) is 11.4 Å². The highest BCUT2D eigenvalue weighted by Crippen LogP contribution is 2.41. The van der Waals surface area contributed by atoms with E-state index in [-0.39, 0.29) is 0 Å². The van der Waals surface area contributed by atoms with E-state index in [2.05, 4.69) is 121 Å². The zero-order valence-electron chi connectivity index (χ0n) is 30.0. The average molecular weight is 693 g/mol. The Morgan fingerprint density at radius 1 is 0.596 bits per heavy atom. The highest BCUT2D eigenvalue weighted by molar-refractivity contribution is 5.85. The Morgan fingerprint density at radius 2 is 1.19 bits per heavy atom. The topological polar surface area (TPSA) is 100 Å². The standard InChI is InChI=1S/C21H21N3O.C21H19N3O.CH4O/c2*1-14-22-23-21-13-25-12-19-18(10-5-11-20(19)24(14)21)17-9-4-7-15-6-2-3-8-16(15)17;1-2/h2-3,5-6,8,10-11,17H,4,7,9,12-13H2,1H3;2-3,5-6,8-11H,4,7,12-13H2,1H3;2H,1H3. The molecule has 0 saturated carbocycles. The second-order valence-corrected chi connectivity index (χ2v) is 13.6. The molecule has 0 fully saturated rings. The van der Waals surface area contributed by atoms with Gasteiger partial charge in [0.25, 0.3) is 0 Å². The largest absolute Gasteiger partial charge is 0.400 e. The Hall–Kier alpha value is -5.22. The van der Waals surface area contributed by atoms with Crippen LogP contribution in [0.2, 0.25) is 0 Å². The van der Waals surface area contributed by atoms with Crippen LogP contribution in [-0.4, -0.2) is 41.7 Å². The smallest absolute Gasteiger partial charge is 0.163 e. The number of aromatic nitrogens is 6. The third-order valence-corrected chi connectivity index (χ3v) is 10.7. The molecular formula is C43H44N6O3. The summed E-state index contributed by atoms with van der Waals surface area (Å²) in [6.07, 6.45) is 8.17. The van der Waals surface area contributed by atoms with E-state index >= 15 is 0 Å². The maximum Gasteiger partial charge on any atom is 0.163 e. The Balaban J connectivity index is 0.000000142. The van der Waals surface area contributed by atoms with Crippen LogP contribution in [0.5, 0.6) is 0 Å². The molecule has 52 heavy (non-hydrogen) atoms. The van der Waals surface area contributed by atoms with Crippen LogP contribution in [0.1, 0.15) is 93.0 Å². The Morgan fingerprint density at radius 3 is 1.94 bits per heavy atom. The lowest BCUT2D eigenvalue weighted by atomic mass is 9.77. The molecule has 1 unspecified atom stereocenters. The molecule has 0 amide bonds. The zero-order valence-corrected chi connectivity index (χ0v) is 30.0. The minimum absolute atomic E-state index is 0.446. The van der Waals surface area contributed by atoms with Crippen molar-refractivity contribution in [3.63, 3.8) is 0 Å². The summed E-state index contributed by atoms with van der Waals surface area (Å²) >= 11 is 0. The van der Waals surface area contributed by atoms with E-state index in [1.54, 1.807) is 0 Å². The molecule has 0 saturated heterocycles. The maximum atomic E-state index is 7.00. The van der Waals surface area contributed by atoms with Gasteiger partial charge in [0.15, 0.2) is 11.6 Å². The number of nitrogens with zero attached hydrogens (tertiary/aromatic N) is 6. The first kappa shape index (κ1) is 33.9. The monoisotopic (exact) mass is 692 g/mol. The van der Waals surface area contributed by atoms with E-state index in [4.69, 9.17) is 14.6 Å². The number of aryl methyl sites for hydroxylation is 4. The molecule has 264 valence electrons. The van der Waals surface area contributed by atoms with Gasteiger partial charge in [0.1, 0.15) is 24.9 Å². The molecule has 1 N–H and O–H groups in total. The van der Waals surface area contributed by atoms with Crippen LogP contribution >= 0.6 is 0 Å². The van der Waals surface area contributed by atoms with Gasteiger partial charge in [-0.1, -0.05) is 78.9 Å². The van der Waals surface area contributed by atoms with Gasteiger partial charge in [-0.25, -0.2) is 0 Å². The Kier molecular flexibility index (Phi) is 9.64. The van der Waals surface area contributed by atoms with Crippen molar-refractivity contribution in [1.29, 1.82) is 0 Å². The molecule has 1 atom stereocenters. The van der Waals surface area contributed by atoms with Gasteiger partial charge in [0.2, 0.25) is 0 Å². The minimum atomic E-state index is 0.446. The summed E-state index contributed by atoms with van der Waals surface area (Å²) in [6, 6.07) is 30.7. The molecule has 6 aromatic rings. The number of fused-ring (bicyclic) bond motifs is 8. The zero-order chi connectivity index (χ0) is 35.6. The van der Waals surface area contributed by atoms with Gasteiger partial charge in [0, 0.05) is 24.2 Å². The van der Waals surface area contributed by atoms with Gasteiger partial charge in [0.05, 0.1) is 24.6 Å². The lowest BCUT2D eigenvalue weighted by Gasteiger charge is -2.28. The molecule has 0 bridgehead atoms. The third-order valence-electron chi connectivity index (χ3n) is 10.7. The molecule has 0 spiro atoms. The van der Waals surface area contributed by atoms with E-state index in [1.165, 1.54) is 75.0 Å². The molecule has 10 rings (SSSR count). The summed E-state index contributed by atoms with van der Waals surface area (Å²) in [5.41, 5.74) is 14.5. The molecule has 2 aliphatic heterocycles. The highest BCUT2D eigenvalue weighted by atomic mass is 16.5. The van der Waals surface area contributed by atoms with E-state index < -0.39 is 0 Å². The van der Waals surface area contributed by atoms with Crippen molar-refractivity contribution < 1.29 is 14.6 Å². The SMILES string of the molecule is CO.Cc1nnc2n1-c1cccc(C3=CCCc4ccccc43)c1COC2.Cc1nnc2n1-c1cccc(C3CCCc4ccccc43)c1COC2. The first-order chi connectivity index (χ1) is 25.7. The summed E-state index contributed by atoms with van der Waals surface area (Å²) in [5, 5.41) is 24.0. The molecule has 4 aromatic carbocycles. The van der Waals surface area contributed by atoms with Gasteiger partial charge in [-0.2, -0.15) is 0 Å². The van der Waals surface area contributed by atoms with Crippen molar-refractivity contribution in [2.24, 2.45) is 0 Å². The van der Waals surface area contributed by atoms with Crippen LogP contribution in [0.15, 0.2) is 91.0 Å². The molecule has 2 aromatic heterocycles. The molecular weight excluding hydrogens is 649 g/mol. The second-order valence-electron chi connectivity index (χ2n) is 13.6. The van der Waals surface area contributed by atoms with Crippen LogP contribution in [0.25, 0.3) is 16.9 Å². The van der Waals surface area contributed by atoms with Crippen molar-refractivity contribution in [1.82, 2.24) is 29.5 Å². The van der Waals surface area contributed by atoms with E-state index in [9.17, 15) is 0 Å². The van der Waals surface area contributed by atoms with Gasteiger partial charge >= 0.3 is 0 Å². The molecule has 0 radical (unpaired) electrons. The summed E-state index contributed by atoms with van der Waals surface area (Å²) in [5.74, 6) is 4.02. The Labute approximate surface area is 304 Å². The molecule has 9 heteroatoms. The summed E-state index contributed by atoms with van der Waals surface area (Å²) < 4.78 is 16.2. The molecule has 4 heterocycles. The van der Waals surface area contributed by atoms with Crippen LogP contribution in [0.3, 0.4) is 0 Å². The minimum Gasteiger partial charge on any atom is -0.400 e. The van der Waals surface area contributed by atoms with Crippen LogP contribution in [0, 0.1) is 13.8 Å². The van der Waals surface area contributed by atoms with Crippen molar-refractivity contribution in [3.05, 3.63) is 159 Å². The van der Waals surface area contributed by atoms with Gasteiger partial charge in [-0.05, 0) is 97.0 Å². The normalized spacial score (nSPS) is 16.7. The van der Waals surface area contributed by atoms with Crippen LogP contribution in [-0.2, 0) is 48.7 Å². The first-order valence-corrected chi connectivity index (χ1v) is 18.2. The quantitative estimate of drug-likeness (QED) is 0.199. The number of benzene rings is 4. The van der Waals surface area contributed by atoms with E-state index in [1.807, 2.05) is 13.8 Å². The maximum absolute atomic E-state index is 7.00. The van der Waals surface area contributed by atoms with Crippen LogP contribution < -0.4 is 0 Å². The summed E-state index contributed by atoms with van der Waals surface area (Å²) in [6.45, 7) is 6.23. The summed E-state index contributed by atoms with van der Waals surface area (Å²) in [4.78, 5) is 0. The fraction of sp³-hybridized carbons (Fsp3) is 0.302. The predicted molar refractivity (Wildman–Crippen MR) is 200 cm³/mol. The Bertz CT molecular complexity index is 2270. The van der Waals surface area contributed by atoms with Crippen molar-refractivity contribution in [2.45, 2.75) is 78.3 Å². The van der Waals surface area contributed by atoms with E-state index in [0.29, 0.717) is 32.3 Å². The number of ether oxygens (including phenoxy) is 2. The molecule has 4 aliphatic rings. The lowest BCUT2D eigenvalue weighted by Crippen LogP contribution is -2.14. The average Bonchev–Trinajstić information content (AvgIpc) is 3.60. The number of aliphatic hydroxyl groups excluding tert-OH is 1. The van der Waals surface area contributed by atoms with Crippen LogP contribution in [0.4, 0.5) is 0 Å². The third kappa shape index (κ3) is 6.08. The van der Waals surface area contributed by atoms with Crippen molar-refractivity contribution >= 4 is 5.57 Å². The van der Waals surface area contributed by atoms with Gasteiger partial charge < -0.3 is 14.6 Å². The predicted octanol–water partition coefficient (Wildman–Crippen LogP) is 7.67. The number of hydrogen-bond donors (Lipinski definition) is 1. The van der Waals surface area contributed by atoms with Crippen molar-refractivity contribution in [2.75, 3.05) is 7.11 Å². The van der Waals surface area contributed by atoms with E-state index in [0.717, 1.165) is 48.9 Å². The number of allylic oxidation sites excluding steroid dienone is 1. The fourth-order valence-corrected chi connectivity index (χ4v) is 8.40. The number of aliphatic hydroxyl groups is 1. The second kappa shape index (κ2) is 14.8. The molecule has 9 nitrogen and oxygen atoms in total. The fourth-order valence-electron chi connectivity index (χ4n) is 8.40. The number of hydrogen-bond acceptors (Lipinski definition) is 7. The summed E-state index contributed by atoms with van der Waals surface area (Å²) in [7, 11) is 1.00. The first-order valence-electron chi connectivity index (χ1n) is 18.2. The number of rotatable bonds is 2.